The summed E-state index contributed by atoms with van der Waals surface area (Å²) < 4.78 is 21.4. The fourth-order valence-electron chi connectivity index (χ4n) is 4.78. The summed E-state index contributed by atoms with van der Waals surface area (Å²) in [6, 6.07) is 23.2. The molecular weight excluding hydrogens is 476 g/mol. The first-order valence-corrected chi connectivity index (χ1v) is 12.8. The van der Waals surface area contributed by atoms with Crippen LogP contribution in [0.1, 0.15) is 50.8 Å². The van der Waals surface area contributed by atoms with Crippen LogP contribution in [0.3, 0.4) is 0 Å². The fraction of sp³-hybridized carbons (Fsp3) is 0.303. The van der Waals surface area contributed by atoms with Gasteiger partial charge in [-0.05, 0) is 83.0 Å². The number of rotatable bonds is 8. The van der Waals surface area contributed by atoms with Gasteiger partial charge in [-0.1, -0.05) is 70.2 Å². The van der Waals surface area contributed by atoms with Crippen LogP contribution in [0.25, 0.3) is 0 Å². The Morgan fingerprint density at radius 1 is 0.684 bits per heavy atom. The molecule has 0 aliphatic heterocycles. The Bertz CT molecular complexity index is 1300. The molecule has 0 saturated heterocycles. The highest BCUT2D eigenvalue weighted by Crippen LogP contribution is 2.38. The van der Waals surface area contributed by atoms with Crippen molar-refractivity contribution in [2.24, 2.45) is 5.92 Å². The molecule has 1 aliphatic rings. The third-order valence-electron chi connectivity index (χ3n) is 7.62. The molecule has 3 aromatic carbocycles. The largest absolute Gasteiger partial charge is 0.519 e. The van der Waals surface area contributed by atoms with Crippen LogP contribution in [0.4, 0.5) is 4.79 Å². The first kappa shape index (κ1) is 27.1. The van der Waals surface area contributed by atoms with Gasteiger partial charge in [0.25, 0.3) is 0 Å². The molecule has 0 aromatic heterocycles. The van der Waals surface area contributed by atoms with Gasteiger partial charge in [0.05, 0.1) is 14.2 Å². The predicted molar refractivity (Wildman–Crippen MR) is 150 cm³/mol. The molecule has 1 aliphatic carbocycles. The Balaban J connectivity index is 1.36. The van der Waals surface area contributed by atoms with Gasteiger partial charge in [-0.3, -0.25) is 0 Å². The molecule has 4 rings (SSSR count). The van der Waals surface area contributed by atoms with Crippen molar-refractivity contribution in [3.05, 3.63) is 113 Å². The highest BCUT2D eigenvalue weighted by Gasteiger charge is 2.30. The molecule has 0 heterocycles. The van der Waals surface area contributed by atoms with Crippen LogP contribution in [0.2, 0.25) is 0 Å². The summed E-state index contributed by atoms with van der Waals surface area (Å²) in [5.41, 5.74) is 3.11. The monoisotopic (exact) mass is 512 g/mol. The number of carbonyl (C=O) groups is 1. The lowest BCUT2D eigenvalue weighted by Gasteiger charge is -2.34. The van der Waals surface area contributed by atoms with E-state index in [9.17, 15) is 4.79 Å². The molecule has 0 saturated carbocycles. The third kappa shape index (κ3) is 5.94. The molecule has 5 heteroatoms. The van der Waals surface area contributed by atoms with Gasteiger partial charge in [0.2, 0.25) is 0 Å². The van der Waals surface area contributed by atoms with Crippen LogP contribution < -0.4 is 14.2 Å². The van der Waals surface area contributed by atoms with Gasteiger partial charge in [0, 0.05) is 5.41 Å². The number of benzene rings is 3. The Labute approximate surface area is 225 Å². The molecular formula is C33H36O5. The zero-order chi connectivity index (χ0) is 27.3. The summed E-state index contributed by atoms with van der Waals surface area (Å²) in [6.07, 6.45) is 6.48. The van der Waals surface area contributed by atoms with Crippen LogP contribution in [0.15, 0.2) is 96.8 Å². The minimum atomic E-state index is -0.772. The van der Waals surface area contributed by atoms with E-state index < -0.39 is 6.16 Å². The van der Waals surface area contributed by atoms with Gasteiger partial charge in [0.15, 0.2) is 0 Å². The second-order valence-electron chi connectivity index (χ2n) is 10.6. The molecule has 0 bridgehead atoms. The first-order chi connectivity index (χ1) is 18.1. The van der Waals surface area contributed by atoms with E-state index >= 15 is 0 Å². The van der Waals surface area contributed by atoms with E-state index in [2.05, 4.69) is 52.0 Å². The zero-order valence-corrected chi connectivity index (χ0v) is 23.0. The maximum Gasteiger partial charge on any atom is 0.519 e. The van der Waals surface area contributed by atoms with E-state index in [4.69, 9.17) is 18.9 Å². The Hall–Kier alpha value is -3.99. The molecule has 3 aromatic rings. The van der Waals surface area contributed by atoms with E-state index in [0.717, 1.165) is 34.6 Å². The number of hydrogen-bond donors (Lipinski definition) is 0. The van der Waals surface area contributed by atoms with Crippen molar-refractivity contribution in [3.63, 3.8) is 0 Å². The van der Waals surface area contributed by atoms with Gasteiger partial charge < -0.3 is 18.9 Å². The number of methoxy groups -OCH3 is 2. The van der Waals surface area contributed by atoms with E-state index in [1.54, 1.807) is 26.4 Å². The van der Waals surface area contributed by atoms with Gasteiger partial charge in [0.1, 0.15) is 23.0 Å². The van der Waals surface area contributed by atoms with Gasteiger partial charge >= 0.3 is 6.16 Å². The molecule has 198 valence electrons. The molecule has 0 N–H and O–H groups in total. The van der Waals surface area contributed by atoms with Crippen LogP contribution in [0.5, 0.6) is 17.2 Å². The average molecular weight is 513 g/mol. The number of ether oxygens (including phenoxy) is 4. The summed E-state index contributed by atoms with van der Waals surface area (Å²) in [7, 11) is 3.34. The number of hydrogen-bond acceptors (Lipinski definition) is 5. The Kier molecular flexibility index (Phi) is 7.96. The van der Waals surface area contributed by atoms with Crippen LogP contribution in [-0.2, 0) is 15.6 Å². The van der Waals surface area contributed by atoms with Crippen LogP contribution >= 0.6 is 0 Å². The van der Waals surface area contributed by atoms with Crippen molar-refractivity contribution < 1.29 is 23.7 Å². The van der Waals surface area contributed by atoms with Crippen molar-refractivity contribution in [2.45, 2.75) is 44.9 Å². The van der Waals surface area contributed by atoms with Gasteiger partial charge in [-0.2, -0.15) is 0 Å². The lowest BCUT2D eigenvalue weighted by molar-refractivity contribution is 0.152. The van der Waals surface area contributed by atoms with Crippen molar-refractivity contribution in [3.8, 4) is 17.2 Å². The predicted octanol–water partition coefficient (Wildman–Crippen LogP) is 7.98. The molecule has 0 fully saturated rings. The fourth-order valence-corrected chi connectivity index (χ4v) is 4.78. The maximum absolute atomic E-state index is 12.5. The molecule has 38 heavy (non-hydrogen) atoms. The van der Waals surface area contributed by atoms with Crippen molar-refractivity contribution in [2.75, 3.05) is 14.2 Å². The van der Waals surface area contributed by atoms with E-state index in [1.807, 2.05) is 54.6 Å². The summed E-state index contributed by atoms with van der Waals surface area (Å²) >= 11 is 0. The van der Waals surface area contributed by atoms with Crippen LogP contribution in [0, 0.1) is 5.92 Å². The summed E-state index contributed by atoms with van der Waals surface area (Å²) in [4.78, 5) is 12.5. The van der Waals surface area contributed by atoms with Crippen molar-refractivity contribution in [1.82, 2.24) is 0 Å². The zero-order valence-electron chi connectivity index (χ0n) is 23.0. The molecule has 0 spiro atoms. The van der Waals surface area contributed by atoms with Gasteiger partial charge in [-0.15, -0.1) is 0 Å². The second-order valence-corrected chi connectivity index (χ2v) is 10.6. The van der Waals surface area contributed by atoms with Crippen LogP contribution in [-0.4, -0.2) is 20.4 Å². The summed E-state index contributed by atoms with van der Waals surface area (Å²) in [6.45, 7) is 8.75. The maximum atomic E-state index is 12.5. The number of allylic oxidation sites excluding steroid dienone is 3. The van der Waals surface area contributed by atoms with E-state index in [-0.39, 0.29) is 10.8 Å². The van der Waals surface area contributed by atoms with Gasteiger partial charge in [-0.25, -0.2) is 4.79 Å². The number of carbonyl (C=O) groups excluding carboxylic acids is 1. The summed E-state index contributed by atoms with van der Waals surface area (Å²) in [5.74, 6) is 2.93. The van der Waals surface area contributed by atoms with E-state index in [0.29, 0.717) is 17.4 Å². The second kappa shape index (κ2) is 11.2. The standard InChI is InChI=1S/C33H36O5/c1-32(2,23-7-15-27(35-5)16-8-23)25-11-19-29(20-12-25)37-31(34)38-30-21-13-26(14-22-30)33(3,4)24-9-17-28(36-6)18-10-24/h7-9,11-22,24H,10H2,1-6H3. The average Bonchev–Trinajstić information content (AvgIpc) is 2.93. The topological polar surface area (TPSA) is 54.0 Å². The van der Waals surface area contributed by atoms with E-state index in [1.165, 1.54) is 0 Å². The quantitative estimate of drug-likeness (QED) is 0.226. The molecule has 5 nitrogen and oxygen atoms in total. The first-order valence-electron chi connectivity index (χ1n) is 12.8. The summed E-state index contributed by atoms with van der Waals surface area (Å²) in [5, 5.41) is 0. The van der Waals surface area contributed by atoms with Crippen molar-refractivity contribution in [1.29, 1.82) is 0 Å². The molecule has 0 amide bonds. The van der Waals surface area contributed by atoms with Crippen molar-refractivity contribution >= 4 is 6.16 Å². The lowest BCUT2D eigenvalue weighted by atomic mass is 9.71. The highest BCUT2D eigenvalue weighted by molar-refractivity contribution is 5.67. The Morgan fingerprint density at radius 3 is 1.58 bits per heavy atom. The SMILES string of the molecule is COC1=CCC(C(C)(C)c2ccc(OC(=O)Oc3ccc(C(C)(C)c4ccc(OC)cc4)cc3)cc2)C=C1. The molecule has 1 unspecified atom stereocenters. The Morgan fingerprint density at radius 2 is 1.16 bits per heavy atom. The molecule has 0 radical (unpaired) electrons. The normalized spacial score (nSPS) is 15.4. The highest BCUT2D eigenvalue weighted by atomic mass is 16.7. The lowest BCUT2D eigenvalue weighted by Crippen LogP contribution is -2.28. The third-order valence-corrected chi connectivity index (χ3v) is 7.62. The minimum absolute atomic E-state index is 0.0906. The minimum Gasteiger partial charge on any atom is -0.497 e. The molecule has 1 atom stereocenters. The smallest absolute Gasteiger partial charge is 0.497 e.